The molecule has 0 bridgehead atoms. The molecule has 2 heterocycles. The molecule has 0 unspecified atom stereocenters. The van der Waals surface area contributed by atoms with Crippen LogP contribution in [0.3, 0.4) is 0 Å². The van der Waals surface area contributed by atoms with Gasteiger partial charge in [-0.15, -0.1) is 5.10 Å². The van der Waals surface area contributed by atoms with Gasteiger partial charge in [-0.1, -0.05) is 41.6 Å². The molecule has 2 aromatic carbocycles. The topological polar surface area (TPSA) is 51.0 Å². The Labute approximate surface area is 166 Å². The molecule has 0 spiro atoms. The van der Waals surface area contributed by atoms with Gasteiger partial charge in [0.05, 0.1) is 16.9 Å². The summed E-state index contributed by atoms with van der Waals surface area (Å²) in [6, 6.07) is 15.7. The Morgan fingerprint density at radius 2 is 1.32 bits per heavy atom. The number of fused-ring (bicyclic) bond motifs is 5. The normalized spacial score (nSPS) is 14.1. The van der Waals surface area contributed by atoms with E-state index in [1.165, 1.54) is 0 Å². The predicted molar refractivity (Wildman–Crippen MR) is 112 cm³/mol. The molecule has 4 rings (SSSR count). The van der Waals surface area contributed by atoms with E-state index in [-0.39, 0.29) is 11.4 Å². The number of carbonyl (C=O) groups excluding carboxylic acids is 1. The number of nitrogens with zero attached hydrogens (tertiary/aromatic N) is 4. The quantitative estimate of drug-likeness (QED) is 0.548. The Bertz CT molecular complexity index is 1070. The summed E-state index contributed by atoms with van der Waals surface area (Å²) in [5, 5.41) is 9.03. The van der Waals surface area contributed by atoms with Crippen LogP contribution < -0.4 is 4.90 Å². The minimum absolute atomic E-state index is 0.0218. The molecule has 1 amide bonds. The zero-order valence-electron chi connectivity index (χ0n) is 17.3. The second-order valence-electron chi connectivity index (χ2n) is 9.24. The molecule has 0 radical (unpaired) electrons. The van der Waals surface area contributed by atoms with Gasteiger partial charge in [-0.25, -0.2) is 4.68 Å². The molecule has 0 N–H and O–H groups in total. The van der Waals surface area contributed by atoms with Crippen LogP contribution in [0, 0.1) is 0 Å². The summed E-state index contributed by atoms with van der Waals surface area (Å²) in [6.07, 6.45) is 0. The van der Waals surface area contributed by atoms with Crippen molar-refractivity contribution in [1.82, 2.24) is 15.0 Å². The first kappa shape index (κ1) is 18.4. The third-order valence-electron chi connectivity index (χ3n) is 4.99. The van der Waals surface area contributed by atoms with Crippen LogP contribution in [0.1, 0.15) is 51.9 Å². The highest BCUT2D eigenvalue weighted by Crippen LogP contribution is 2.44. The molecule has 0 atom stereocenters. The zero-order valence-corrected chi connectivity index (χ0v) is 17.3. The van der Waals surface area contributed by atoms with E-state index in [1.807, 2.05) is 52.0 Å². The van der Waals surface area contributed by atoms with Crippen molar-refractivity contribution in [1.29, 1.82) is 0 Å². The number of para-hydroxylation sites is 1. The van der Waals surface area contributed by atoms with Crippen LogP contribution in [0.15, 0.2) is 48.5 Å². The second-order valence-corrected chi connectivity index (χ2v) is 9.24. The molecule has 28 heavy (non-hydrogen) atoms. The average molecular weight is 374 g/mol. The monoisotopic (exact) mass is 374 g/mol. The van der Waals surface area contributed by atoms with E-state index in [4.69, 9.17) is 0 Å². The molecule has 3 aromatic rings. The second kappa shape index (κ2) is 6.03. The molecule has 5 nitrogen and oxygen atoms in total. The van der Waals surface area contributed by atoms with E-state index in [0.29, 0.717) is 5.56 Å². The molecule has 0 saturated heterocycles. The van der Waals surface area contributed by atoms with Gasteiger partial charge in [0.2, 0.25) is 0 Å². The molecule has 1 aliphatic rings. The van der Waals surface area contributed by atoms with E-state index in [0.717, 1.165) is 28.2 Å². The summed E-state index contributed by atoms with van der Waals surface area (Å²) in [5.41, 5.74) is 4.36. The van der Waals surface area contributed by atoms with Crippen LogP contribution in [0.4, 0.5) is 5.69 Å². The highest BCUT2D eigenvalue weighted by Gasteiger charge is 2.37. The number of hydrogen-bond acceptors (Lipinski definition) is 3. The smallest absolute Gasteiger partial charge is 0.259 e. The van der Waals surface area contributed by atoms with Crippen molar-refractivity contribution in [2.45, 2.75) is 52.6 Å². The Morgan fingerprint density at radius 3 is 1.93 bits per heavy atom. The van der Waals surface area contributed by atoms with Gasteiger partial charge in [0.15, 0.2) is 0 Å². The van der Waals surface area contributed by atoms with E-state index < -0.39 is 5.54 Å². The number of amides is 1. The first-order valence-corrected chi connectivity index (χ1v) is 9.60. The fourth-order valence-corrected chi connectivity index (χ4v) is 3.82. The van der Waals surface area contributed by atoms with Crippen molar-refractivity contribution in [3.63, 3.8) is 0 Å². The number of carbonyl (C=O) groups is 1. The first-order valence-electron chi connectivity index (χ1n) is 9.60. The van der Waals surface area contributed by atoms with Crippen molar-refractivity contribution in [3.05, 3.63) is 54.1 Å². The van der Waals surface area contributed by atoms with E-state index >= 15 is 0 Å². The fourth-order valence-electron chi connectivity index (χ4n) is 3.82. The molecule has 0 saturated carbocycles. The van der Waals surface area contributed by atoms with Crippen LogP contribution in [0.25, 0.3) is 22.5 Å². The number of anilines is 1. The number of benzene rings is 2. The Morgan fingerprint density at radius 1 is 0.750 bits per heavy atom. The van der Waals surface area contributed by atoms with Crippen molar-refractivity contribution < 1.29 is 4.79 Å². The third-order valence-corrected chi connectivity index (χ3v) is 4.99. The fraction of sp³-hybridized carbons (Fsp3) is 0.348. The zero-order chi connectivity index (χ0) is 20.3. The van der Waals surface area contributed by atoms with Gasteiger partial charge in [0.25, 0.3) is 5.91 Å². The summed E-state index contributed by atoms with van der Waals surface area (Å²) >= 11 is 0. The van der Waals surface area contributed by atoms with Crippen LogP contribution >= 0.6 is 0 Å². The highest BCUT2D eigenvalue weighted by atomic mass is 16.2. The third kappa shape index (κ3) is 2.73. The van der Waals surface area contributed by atoms with Gasteiger partial charge >= 0.3 is 0 Å². The molecular formula is C23H26N4O. The lowest BCUT2D eigenvalue weighted by atomic mass is 9.91. The van der Waals surface area contributed by atoms with Crippen molar-refractivity contribution in [2.75, 3.05) is 4.90 Å². The van der Waals surface area contributed by atoms with Gasteiger partial charge in [-0.3, -0.25) is 4.79 Å². The number of aromatic nitrogens is 3. The summed E-state index contributed by atoms with van der Waals surface area (Å²) in [4.78, 5) is 15.6. The highest BCUT2D eigenvalue weighted by molar-refractivity contribution is 6.14. The number of rotatable bonds is 0. The van der Waals surface area contributed by atoms with Crippen LogP contribution in [-0.4, -0.2) is 26.4 Å². The van der Waals surface area contributed by atoms with Crippen LogP contribution in [-0.2, 0) is 5.54 Å². The maximum Gasteiger partial charge on any atom is 0.259 e. The minimum Gasteiger partial charge on any atom is -0.302 e. The van der Waals surface area contributed by atoms with E-state index in [1.54, 1.807) is 0 Å². The van der Waals surface area contributed by atoms with Gasteiger partial charge in [-0.05, 0) is 53.7 Å². The van der Waals surface area contributed by atoms with Crippen LogP contribution in [0.5, 0.6) is 0 Å². The van der Waals surface area contributed by atoms with Gasteiger partial charge in [0, 0.05) is 22.2 Å². The molecule has 144 valence electrons. The molecule has 5 heteroatoms. The summed E-state index contributed by atoms with van der Waals surface area (Å²) in [7, 11) is 0. The Kier molecular flexibility index (Phi) is 3.96. The summed E-state index contributed by atoms with van der Waals surface area (Å²) in [5.74, 6) is -0.0218. The standard InChI is InChI=1S/C23H26N4O/c1-22(2,3)26-18-14-10-9-13-17(18)20-19(24-25-27(20)23(4,5)6)15-11-7-8-12-16(15)21(26)28/h7-14H,1-6H3. The van der Waals surface area contributed by atoms with Crippen molar-refractivity contribution in [3.8, 4) is 22.5 Å². The maximum atomic E-state index is 13.7. The summed E-state index contributed by atoms with van der Waals surface area (Å²) in [6.45, 7) is 12.5. The first-order chi connectivity index (χ1) is 13.1. The minimum atomic E-state index is -0.391. The lowest BCUT2D eigenvalue weighted by molar-refractivity contribution is 0.0966. The Hall–Kier alpha value is -2.95. The predicted octanol–water partition coefficient (Wildman–Crippen LogP) is 5.13. The largest absolute Gasteiger partial charge is 0.302 e. The van der Waals surface area contributed by atoms with Crippen molar-refractivity contribution >= 4 is 11.6 Å². The van der Waals surface area contributed by atoms with Gasteiger partial charge < -0.3 is 4.90 Å². The van der Waals surface area contributed by atoms with Gasteiger partial charge in [0.1, 0.15) is 5.69 Å². The maximum absolute atomic E-state index is 13.7. The lowest BCUT2D eigenvalue weighted by Crippen LogP contribution is -2.46. The van der Waals surface area contributed by atoms with Crippen molar-refractivity contribution in [2.24, 2.45) is 0 Å². The molecular weight excluding hydrogens is 348 g/mol. The molecule has 0 aliphatic carbocycles. The summed E-state index contributed by atoms with van der Waals surface area (Å²) < 4.78 is 1.97. The molecule has 1 aromatic heterocycles. The molecule has 0 fully saturated rings. The number of hydrogen-bond donors (Lipinski definition) is 0. The molecule has 1 aliphatic heterocycles. The Balaban J connectivity index is 2.18. The lowest BCUT2D eigenvalue weighted by Gasteiger charge is -2.38. The van der Waals surface area contributed by atoms with Gasteiger partial charge in [-0.2, -0.15) is 0 Å². The average Bonchev–Trinajstić information content (AvgIpc) is 3.05. The SMILES string of the molecule is CC(C)(C)N1C(=O)c2ccccc2-c2nnn(C(C)(C)C)c2-c2ccccc21. The van der Waals surface area contributed by atoms with E-state index in [2.05, 4.69) is 57.9 Å². The van der Waals surface area contributed by atoms with E-state index in [9.17, 15) is 4.79 Å². The van der Waals surface area contributed by atoms with Crippen LogP contribution in [0.2, 0.25) is 0 Å².